The fourth-order valence-electron chi connectivity index (χ4n) is 2.98. The van der Waals surface area contributed by atoms with Crippen LogP contribution in [0.2, 0.25) is 5.02 Å². The first kappa shape index (κ1) is 15.7. The van der Waals surface area contributed by atoms with Crippen LogP contribution in [0.25, 0.3) is 22.6 Å². The van der Waals surface area contributed by atoms with Crippen LogP contribution in [0.5, 0.6) is 0 Å². The van der Waals surface area contributed by atoms with Crippen LogP contribution in [0.4, 0.5) is 5.69 Å². The number of nitrogens with two attached hydrogens (primary N) is 1. The molecule has 25 heavy (non-hydrogen) atoms. The second-order valence-corrected chi connectivity index (χ2v) is 6.43. The summed E-state index contributed by atoms with van der Waals surface area (Å²) in [4.78, 5) is 29.5. The average Bonchev–Trinajstić information content (AvgIpc) is 3.17. The molecular formula is C18H14ClN3O3. The van der Waals surface area contributed by atoms with Crippen LogP contribution >= 0.6 is 11.6 Å². The van der Waals surface area contributed by atoms with Crippen molar-refractivity contribution in [2.75, 3.05) is 11.4 Å². The number of carbonyl (C=O) groups is 2. The van der Waals surface area contributed by atoms with Gasteiger partial charge in [-0.25, -0.2) is 4.98 Å². The molecule has 7 heteroatoms. The lowest BCUT2D eigenvalue weighted by Crippen LogP contribution is -2.28. The van der Waals surface area contributed by atoms with Gasteiger partial charge in [0, 0.05) is 29.2 Å². The number of amides is 2. The lowest BCUT2D eigenvalue weighted by Gasteiger charge is -2.15. The summed E-state index contributed by atoms with van der Waals surface area (Å²) in [5, 5.41) is 0.598. The molecule has 1 saturated heterocycles. The number of anilines is 1. The van der Waals surface area contributed by atoms with Gasteiger partial charge in [-0.2, -0.15) is 0 Å². The molecular weight excluding hydrogens is 342 g/mol. The van der Waals surface area contributed by atoms with Gasteiger partial charge in [0.1, 0.15) is 5.52 Å². The standard InChI is InChI=1S/C18H14ClN3O3/c19-12-3-1-2-10(6-12)18-21-14-8-13(4-5-15(14)25-18)22-9-11(17(20)24)7-16(22)23/h1-6,8,11H,7,9H2,(H2,20,24)/t11-/m0/s1. The van der Waals surface area contributed by atoms with E-state index in [9.17, 15) is 9.59 Å². The molecule has 2 N–H and O–H groups in total. The third-order valence-corrected chi connectivity index (χ3v) is 4.52. The highest BCUT2D eigenvalue weighted by atomic mass is 35.5. The normalized spacial score (nSPS) is 17.4. The number of carbonyl (C=O) groups excluding carboxylic acids is 2. The van der Waals surface area contributed by atoms with Crippen molar-refractivity contribution >= 4 is 40.2 Å². The molecule has 6 nitrogen and oxygen atoms in total. The number of benzene rings is 2. The maximum absolute atomic E-state index is 12.1. The quantitative estimate of drug-likeness (QED) is 0.782. The molecule has 4 rings (SSSR count). The minimum atomic E-state index is -0.457. The molecule has 0 unspecified atom stereocenters. The SMILES string of the molecule is NC(=O)[C@H]1CC(=O)N(c2ccc3oc(-c4cccc(Cl)c4)nc3c2)C1. The van der Waals surface area contributed by atoms with Crippen LogP contribution in [0.15, 0.2) is 46.9 Å². The van der Waals surface area contributed by atoms with E-state index in [2.05, 4.69) is 4.98 Å². The number of rotatable bonds is 3. The summed E-state index contributed by atoms with van der Waals surface area (Å²) < 4.78 is 5.77. The number of halogens is 1. The summed E-state index contributed by atoms with van der Waals surface area (Å²) in [6, 6.07) is 12.5. The van der Waals surface area contributed by atoms with E-state index in [0.29, 0.717) is 34.2 Å². The Morgan fingerprint density at radius 3 is 2.84 bits per heavy atom. The van der Waals surface area contributed by atoms with Gasteiger partial charge in [0.25, 0.3) is 0 Å². The van der Waals surface area contributed by atoms with Crippen LogP contribution < -0.4 is 10.6 Å². The zero-order valence-electron chi connectivity index (χ0n) is 13.1. The van der Waals surface area contributed by atoms with Crippen molar-refractivity contribution < 1.29 is 14.0 Å². The maximum atomic E-state index is 12.1. The highest BCUT2D eigenvalue weighted by molar-refractivity contribution is 6.30. The topological polar surface area (TPSA) is 89.4 Å². The first-order valence-electron chi connectivity index (χ1n) is 7.77. The molecule has 2 aromatic carbocycles. The zero-order chi connectivity index (χ0) is 17.6. The van der Waals surface area contributed by atoms with Crippen molar-refractivity contribution in [1.82, 2.24) is 4.98 Å². The van der Waals surface area contributed by atoms with Crippen LogP contribution in [-0.2, 0) is 9.59 Å². The van der Waals surface area contributed by atoms with E-state index in [-0.39, 0.29) is 12.3 Å². The molecule has 1 aliphatic heterocycles. The fraction of sp³-hybridized carbons (Fsp3) is 0.167. The minimum absolute atomic E-state index is 0.123. The highest BCUT2D eigenvalue weighted by Crippen LogP contribution is 2.31. The average molecular weight is 356 g/mol. The molecule has 0 radical (unpaired) electrons. The number of nitrogens with zero attached hydrogens (tertiary/aromatic N) is 2. The second kappa shape index (κ2) is 5.89. The third kappa shape index (κ3) is 2.85. The summed E-state index contributed by atoms with van der Waals surface area (Å²) in [6.45, 7) is 0.290. The number of oxazole rings is 1. The maximum Gasteiger partial charge on any atom is 0.227 e. The molecule has 1 aromatic heterocycles. The Labute approximate surface area is 148 Å². The van der Waals surface area contributed by atoms with Crippen LogP contribution in [0.1, 0.15) is 6.42 Å². The largest absolute Gasteiger partial charge is 0.436 e. The van der Waals surface area contributed by atoms with Gasteiger partial charge in [-0.3, -0.25) is 9.59 Å². The van der Waals surface area contributed by atoms with Crippen molar-refractivity contribution in [2.45, 2.75) is 6.42 Å². The molecule has 126 valence electrons. The van der Waals surface area contributed by atoms with E-state index < -0.39 is 11.8 Å². The van der Waals surface area contributed by atoms with E-state index in [1.54, 1.807) is 35.2 Å². The molecule has 2 heterocycles. The monoisotopic (exact) mass is 355 g/mol. The van der Waals surface area contributed by atoms with Gasteiger partial charge in [-0.1, -0.05) is 17.7 Å². The Morgan fingerprint density at radius 1 is 1.28 bits per heavy atom. The lowest BCUT2D eigenvalue weighted by atomic mass is 10.1. The van der Waals surface area contributed by atoms with Crippen molar-refractivity contribution in [3.8, 4) is 11.5 Å². The number of hydrogen-bond acceptors (Lipinski definition) is 4. The van der Waals surface area contributed by atoms with Gasteiger partial charge in [0.05, 0.1) is 5.92 Å². The molecule has 2 amide bonds. The Balaban J connectivity index is 1.69. The Morgan fingerprint density at radius 2 is 2.12 bits per heavy atom. The van der Waals surface area contributed by atoms with Crippen LogP contribution in [0.3, 0.4) is 0 Å². The molecule has 3 aromatic rings. The summed E-state index contributed by atoms with van der Waals surface area (Å²) in [5.74, 6) is -0.580. The van der Waals surface area contributed by atoms with Gasteiger partial charge in [0.2, 0.25) is 17.7 Å². The molecule has 0 aliphatic carbocycles. The molecule has 1 aliphatic rings. The lowest BCUT2D eigenvalue weighted by molar-refractivity contribution is -0.123. The molecule has 1 fully saturated rings. The van der Waals surface area contributed by atoms with Gasteiger partial charge < -0.3 is 15.1 Å². The number of fused-ring (bicyclic) bond motifs is 1. The van der Waals surface area contributed by atoms with E-state index in [0.717, 1.165) is 5.56 Å². The van der Waals surface area contributed by atoms with E-state index in [4.69, 9.17) is 21.8 Å². The van der Waals surface area contributed by atoms with E-state index in [1.165, 1.54) is 0 Å². The van der Waals surface area contributed by atoms with Gasteiger partial charge >= 0.3 is 0 Å². The summed E-state index contributed by atoms with van der Waals surface area (Å²) in [5.41, 5.74) is 8.00. The Bertz CT molecular complexity index is 998. The van der Waals surface area contributed by atoms with Crippen molar-refractivity contribution in [3.63, 3.8) is 0 Å². The first-order valence-corrected chi connectivity index (χ1v) is 8.15. The predicted octanol–water partition coefficient (Wildman–Crippen LogP) is 2.99. The van der Waals surface area contributed by atoms with Gasteiger partial charge in [0.15, 0.2) is 5.58 Å². The summed E-state index contributed by atoms with van der Waals surface area (Å²) in [7, 11) is 0. The van der Waals surface area contributed by atoms with Crippen molar-refractivity contribution in [3.05, 3.63) is 47.5 Å². The zero-order valence-corrected chi connectivity index (χ0v) is 13.9. The molecule has 0 bridgehead atoms. The van der Waals surface area contributed by atoms with Crippen LogP contribution in [0, 0.1) is 5.92 Å². The van der Waals surface area contributed by atoms with Crippen molar-refractivity contribution in [2.24, 2.45) is 11.7 Å². The van der Waals surface area contributed by atoms with Gasteiger partial charge in [-0.05, 0) is 36.4 Å². The second-order valence-electron chi connectivity index (χ2n) is 5.99. The number of aromatic nitrogens is 1. The van der Waals surface area contributed by atoms with Gasteiger partial charge in [-0.15, -0.1) is 0 Å². The summed E-state index contributed by atoms with van der Waals surface area (Å²) in [6.07, 6.45) is 0.139. The highest BCUT2D eigenvalue weighted by Gasteiger charge is 2.34. The third-order valence-electron chi connectivity index (χ3n) is 4.28. The number of primary amides is 1. The van der Waals surface area contributed by atoms with E-state index >= 15 is 0 Å². The molecule has 1 atom stereocenters. The fourth-order valence-corrected chi connectivity index (χ4v) is 3.17. The van der Waals surface area contributed by atoms with Crippen molar-refractivity contribution in [1.29, 1.82) is 0 Å². The smallest absolute Gasteiger partial charge is 0.227 e. The minimum Gasteiger partial charge on any atom is -0.436 e. The Hall–Kier alpha value is -2.86. The molecule has 0 saturated carbocycles. The number of hydrogen-bond donors (Lipinski definition) is 1. The summed E-state index contributed by atoms with van der Waals surface area (Å²) >= 11 is 6.01. The first-order chi connectivity index (χ1) is 12.0. The van der Waals surface area contributed by atoms with E-state index in [1.807, 2.05) is 12.1 Å². The Kier molecular flexibility index (Phi) is 3.69. The predicted molar refractivity (Wildman–Crippen MR) is 94.1 cm³/mol. The van der Waals surface area contributed by atoms with Crippen LogP contribution in [-0.4, -0.2) is 23.3 Å². The molecule has 0 spiro atoms.